The third-order valence-electron chi connectivity index (χ3n) is 2.87. The SMILES string of the molecule is C=CCS(=O)(=O)NCC1(C(=O)O)CCOCC1. The van der Waals surface area contributed by atoms with E-state index in [0.717, 1.165) is 0 Å². The molecule has 0 atom stereocenters. The summed E-state index contributed by atoms with van der Waals surface area (Å²) in [6.45, 7) is 3.93. The van der Waals surface area contributed by atoms with E-state index in [1.165, 1.54) is 6.08 Å². The number of carboxylic acids is 1. The van der Waals surface area contributed by atoms with Crippen LogP contribution in [-0.4, -0.2) is 45.0 Å². The molecule has 1 rings (SSSR count). The average molecular weight is 263 g/mol. The summed E-state index contributed by atoms with van der Waals surface area (Å²) in [7, 11) is -3.47. The maximum atomic E-state index is 11.4. The summed E-state index contributed by atoms with van der Waals surface area (Å²) in [4.78, 5) is 11.2. The van der Waals surface area contributed by atoms with Gasteiger partial charge in [0.1, 0.15) is 0 Å². The second kappa shape index (κ2) is 5.61. The Morgan fingerprint density at radius 1 is 1.47 bits per heavy atom. The highest BCUT2D eigenvalue weighted by Gasteiger charge is 2.40. The van der Waals surface area contributed by atoms with Gasteiger partial charge < -0.3 is 9.84 Å². The van der Waals surface area contributed by atoms with Crippen LogP contribution in [0.4, 0.5) is 0 Å². The molecule has 1 heterocycles. The predicted molar refractivity (Wildman–Crippen MR) is 62.1 cm³/mol. The molecule has 0 aromatic rings. The maximum Gasteiger partial charge on any atom is 0.311 e. The quantitative estimate of drug-likeness (QED) is 0.657. The largest absolute Gasteiger partial charge is 0.481 e. The van der Waals surface area contributed by atoms with Gasteiger partial charge in [-0.15, -0.1) is 6.58 Å². The van der Waals surface area contributed by atoms with Crippen LogP contribution in [-0.2, 0) is 19.6 Å². The van der Waals surface area contributed by atoms with Crippen molar-refractivity contribution < 1.29 is 23.1 Å². The van der Waals surface area contributed by atoms with Crippen LogP contribution in [0.5, 0.6) is 0 Å². The fraction of sp³-hybridized carbons (Fsp3) is 0.700. The number of aliphatic carboxylic acids is 1. The fourth-order valence-corrected chi connectivity index (χ4v) is 2.61. The number of rotatable bonds is 6. The smallest absolute Gasteiger partial charge is 0.311 e. The van der Waals surface area contributed by atoms with Gasteiger partial charge in [0.15, 0.2) is 0 Å². The lowest BCUT2D eigenvalue weighted by atomic mass is 9.80. The number of sulfonamides is 1. The van der Waals surface area contributed by atoms with Gasteiger partial charge in [-0.05, 0) is 12.8 Å². The van der Waals surface area contributed by atoms with Crippen LogP contribution in [0.1, 0.15) is 12.8 Å². The molecule has 0 aliphatic carbocycles. The van der Waals surface area contributed by atoms with Gasteiger partial charge in [0, 0.05) is 19.8 Å². The van der Waals surface area contributed by atoms with Crippen molar-refractivity contribution in [1.82, 2.24) is 4.72 Å². The number of hydrogen-bond donors (Lipinski definition) is 2. The molecule has 0 aromatic heterocycles. The fourth-order valence-electron chi connectivity index (χ4n) is 1.69. The minimum Gasteiger partial charge on any atom is -0.481 e. The van der Waals surface area contributed by atoms with Crippen molar-refractivity contribution in [1.29, 1.82) is 0 Å². The molecular formula is C10H17NO5S. The van der Waals surface area contributed by atoms with E-state index in [4.69, 9.17) is 4.74 Å². The van der Waals surface area contributed by atoms with Crippen molar-refractivity contribution in [2.45, 2.75) is 12.8 Å². The van der Waals surface area contributed by atoms with Crippen molar-refractivity contribution in [2.24, 2.45) is 5.41 Å². The first kappa shape index (κ1) is 14.1. The molecule has 98 valence electrons. The summed E-state index contributed by atoms with van der Waals surface area (Å²) in [5.41, 5.74) is -1.05. The Balaban J connectivity index is 2.68. The third-order valence-corrected chi connectivity index (χ3v) is 4.13. The molecule has 7 heteroatoms. The number of ether oxygens (including phenoxy) is 1. The number of hydrogen-bond acceptors (Lipinski definition) is 4. The first-order chi connectivity index (χ1) is 7.92. The Bertz CT molecular complexity index is 384. The van der Waals surface area contributed by atoms with Crippen molar-refractivity contribution in [3.63, 3.8) is 0 Å². The summed E-state index contributed by atoms with van der Waals surface area (Å²) >= 11 is 0. The van der Waals surface area contributed by atoms with E-state index < -0.39 is 21.4 Å². The topological polar surface area (TPSA) is 92.7 Å². The van der Waals surface area contributed by atoms with E-state index in [2.05, 4.69) is 11.3 Å². The molecule has 1 saturated heterocycles. The average Bonchev–Trinajstić information content (AvgIpc) is 2.28. The number of carboxylic acid groups (broad SMARTS) is 1. The Hall–Kier alpha value is -0.920. The molecule has 1 aliphatic rings. The zero-order valence-electron chi connectivity index (χ0n) is 9.52. The van der Waals surface area contributed by atoms with Crippen LogP contribution in [0.25, 0.3) is 0 Å². The van der Waals surface area contributed by atoms with E-state index in [0.29, 0.717) is 26.1 Å². The van der Waals surface area contributed by atoms with Gasteiger partial charge in [0.2, 0.25) is 10.0 Å². The van der Waals surface area contributed by atoms with Crippen LogP contribution in [0.3, 0.4) is 0 Å². The first-order valence-corrected chi connectivity index (χ1v) is 6.96. The van der Waals surface area contributed by atoms with Crippen molar-refractivity contribution >= 4 is 16.0 Å². The van der Waals surface area contributed by atoms with Gasteiger partial charge in [-0.2, -0.15) is 0 Å². The van der Waals surface area contributed by atoms with E-state index in [9.17, 15) is 18.3 Å². The van der Waals surface area contributed by atoms with Gasteiger partial charge in [-0.25, -0.2) is 13.1 Å². The zero-order chi connectivity index (χ0) is 12.9. The molecular weight excluding hydrogens is 246 g/mol. The Morgan fingerprint density at radius 3 is 2.53 bits per heavy atom. The van der Waals surface area contributed by atoms with Gasteiger partial charge in [0.05, 0.1) is 11.2 Å². The van der Waals surface area contributed by atoms with Crippen LogP contribution >= 0.6 is 0 Å². The van der Waals surface area contributed by atoms with Crippen molar-refractivity contribution in [3.05, 3.63) is 12.7 Å². The monoisotopic (exact) mass is 263 g/mol. The molecule has 0 amide bonds. The van der Waals surface area contributed by atoms with E-state index in [1.54, 1.807) is 0 Å². The molecule has 1 aliphatic heterocycles. The molecule has 0 saturated carbocycles. The lowest BCUT2D eigenvalue weighted by molar-refractivity contribution is -0.154. The second-order valence-corrected chi connectivity index (χ2v) is 5.94. The Labute approximate surface area is 101 Å². The summed E-state index contributed by atoms with van der Waals surface area (Å²) in [5.74, 6) is -1.19. The maximum absolute atomic E-state index is 11.4. The van der Waals surface area contributed by atoms with Gasteiger partial charge >= 0.3 is 5.97 Å². The molecule has 0 unspecified atom stereocenters. The molecule has 17 heavy (non-hydrogen) atoms. The zero-order valence-corrected chi connectivity index (χ0v) is 10.3. The molecule has 1 fully saturated rings. The van der Waals surface area contributed by atoms with Gasteiger partial charge in [-0.1, -0.05) is 6.08 Å². The predicted octanol–water partition coefficient (Wildman–Crippen LogP) is -0.0268. The minimum atomic E-state index is -3.47. The highest BCUT2D eigenvalue weighted by atomic mass is 32.2. The summed E-state index contributed by atoms with van der Waals surface area (Å²) in [6, 6.07) is 0. The highest BCUT2D eigenvalue weighted by molar-refractivity contribution is 7.89. The highest BCUT2D eigenvalue weighted by Crippen LogP contribution is 2.30. The molecule has 2 N–H and O–H groups in total. The lowest BCUT2D eigenvalue weighted by Crippen LogP contribution is -2.46. The normalized spacial score (nSPS) is 19.8. The summed E-state index contributed by atoms with van der Waals surface area (Å²) in [5, 5.41) is 9.20. The van der Waals surface area contributed by atoms with Gasteiger partial charge in [-0.3, -0.25) is 4.79 Å². The molecule has 6 nitrogen and oxygen atoms in total. The Kier molecular flexibility index (Phi) is 4.67. The second-order valence-electron chi connectivity index (χ2n) is 4.09. The van der Waals surface area contributed by atoms with Crippen LogP contribution in [0.2, 0.25) is 0 Å². The van der Waals surface area contributed by atoms with Crippen LogP contribution in [0, 0.1) is 5.41 Å². The van der Waals surface area contributed by atoms with Gasteiger partial charge in [0.25, 0.3) is 0 Å². The molecule has 0 aromatic carbocycles. The summed E-state index contributed by atoms with van der Waals surface area (Å²) < 4.78 is 30.3. The van der Waals surface area contributed by atoms with E-state index in [1.807, 2.05) is 0 Å². The molecule has 0 bridgehead atoms. The van der Waals surface area contributed by atoms with E-state index in [-0.39, 0.29) is 12.3 Å². The number of carbonyl (C=O) groups is 1. The summed E-state index contributed by atoms with van der Waals surface area (Å²) in [6.07, 6.45) is 1.90. The van der Waals surface area contributed by atoms with Crippen molar-refractivity contribution in [2.75, 3.05) is 25.5 Å². The minimum absolute atomic E-state index is 0.0954. The van der Waals surface area contributed by atoms with Crippen LogP contribution < -0.4 is 4.72 Å². The number of nitrogens with one attached hydrogen (secondary N) is 1. The third kappa shape index (κ3) is 3.79. The standard InChI is InChI=1S/C10H17NO5S/c1-2-7-17(14,15)11-8-10(9(12)13)3-5-16-6-4-10/h2,11H,1,3-8H2,(H,12,13). The first-order valence-electron chi connectivity index (χ1n) is 5.31. The molecule has 0 radical (unpaired) electrons. The van der Waals surface area contributed by atoms with E-state index >= 15 is 0 Å². The van der Waals surface area contributed by atoms with Crippen molar-refractivity contribution in [3.8, 4) is 0 Å². The van der Waals surface area contributed by atoms with Crippen LogP contribution in [0.15, 0.2) is 12.7 Å². The lowest BCUT2D eigenvalue weighted by Gasteiger charge is -2.32. The molecule has 0 spiro atoms. The Morgan fingerprint density at radius 2 is 2.06 bits per heavy atom.